The van der Waals surface area contributed by atoms with Crippen LogP contribution in [0.2, 0.25) is 0 Å². The van der Waals surface area contributed by atoms with Crippen LogP contribution in [0.4, 0.5) is 0 Å². The largest absolute Gasteiger partial charge is 0.306 e. The van der Waals surface area contributed by atoms with Crippen LogP contribution in [0.15, 0.2) is 41.3 Å². The average Bonchev–Trinajstić information content (AvgIpc) is 2.40. The first kappa shape index (κ1) is 12.8. The lowest BCUT2D eigenvalue weighted by atomic mass is 10.2. The molecule has 2 rings (SSSR count). The zero-order valence-electron chi connectivity index (χ0n) is 10.3. The molecule has 1 aromatic heterocycles. The standard InChI is InChI=1S/C13H13N3O3/c1-9(17)14-15-12(18)8-16-7-6-10-4-2-3-5-11(10)13(16)19/h2-7H,8H2,1H3,(H,14,17)(H,15,18). The molecule has 0 radical (unpaired) electrons. The van der Waals surface area contributed by atoms with E-state index in [1.165, 1.54) is 11.5 Å². The highest BCUT2D eigenvalue weighted by Gasteiger charge is 2.06. The Morgan fingerprint density at radius 2 is 1.89 bits per heavy atom. The molecule has 6 nitrogen and oxygen atoms in total. The fraction of sp³-hybridized carbons (Fsp3) is 0.154. The van der Waals surface area contributed by atoms with Gasteiger partial charge in [-0.15, -0.1) is 0 Å². The van der Waals surface area contributed by atoms with E-state index in [1.54, 1.807) is 24.4 Å². The molecular weight excluding hydrogens is 246 g/mol. The number of hydrazine groups is 1. The molecule has 0 bridgehead atoms. The summed E-state index contributed by atoms with van der Waals surface area (Å²) in [5.41, 5.74) is 4.14. The number of aromatic nitrogens is 1. The summed E-state index contributed by atoms with van der Waals surface area (Å²) in [6.45, 7) is 1.13. The van der Waals surface area contributed by atoms with Crippen molar-refractivity contribution in [2.75, 3.05) is 0 Å². The van der Waals surface area contributed by atoms with Crippen molar-refractivity contribution < 1.29 is 9.59 Å². The summed E-state index contributed by atoms with van der Waals surface area (Å²) in [6.07, 6.45) is 1.55. The predicted molar refractivity (Wildman–Crippen MR) is 70.2 cm³/mol. The van der Waals surface area contributed by atoms with Gasteiger partial charge >= 0.3 is 0 Å². The van der Waals surface area contributed by atoms with E-state index in [9.17, 15) is 14.4 Å². The van der Waals surface area contributed by atoms with Crippen LogP contribution in [0.25, 0.3) is 10.8 Å². The molecular formula is C13H13N3O3. The van der Waals surface area contributed by atoms with Crippen LogP contribution in [0.3, 0.4) is 0 Å². The molecule has 0 aliphatic carbocycles. The first-order valence-electron chi connectivity index (χ1n) is 5.71. The monoisotopic (exact) mass is 259 g/mol. The molecule has 0 spiro atoms. The van der Waals surface area contributed by atoms with Crippen molar-refractivity contribution in [3.05, 3.63) is 46.9 Å². The smallest absolute Gasteiger partial charge is 0.258 e. The quantitative estimate of drug-likeness (QED) is 0.754. The van der Waals surface area contributed by atoms with Gasteiger partial charge in [-0.05, 0) is 17.5 Å². The molecule has 1 heterocycles. The highest BCUT2D eigenvalue weighted by atomic mass is 16.2. The number of rotatable bonds is 2. The van der Waals surface area contributed by atoms with Crippen molar-refractivity contribution >= 4 is 22.6 Å². The van der Waals surface area contributed by atoms with Gasteiger partial charge in [0.1, 0.15) is 6.54 Å². The third-order valence-corrected chi connectivity index (χ3v) is 2.58. The normalized spacial score (nSPS) is 10.2. The maximum absolute atomic E-state index is 12.1. The Morgan fingerprint density at radius 1 is 1.16 bits per heavy atom. The Kier molecular flexibility index (Phi) is 3.61. The Bertz CT molecular complexity index is 691. The minimum Gasteiger partial charge on any atom is -0.306 e. The Morgan fingerprint density at radius 3 is 2.63 bits per heavy atom. The van der Waals surface area contributed by atoms with Crippen molar-refractivity contribution in [3.63, 3.8) is 0 Å². The third kappa shape index (κ3) is 2.98. The summed E-state index contributed by atoms with van der Waals surface area (Å²) >= 11 is 0. The number of benzene rings is 1. The highest BCUT2D eigenvalue weighted by Crippen LogP contribution is 2.07. The van der Waals surface area contributed by atoms with E-state index in [1.807, 2.05) is 12.1 Å². The summed E-state index contributed by atoms with van der Waals surface area (Å²) < 4.78 is 1.29. The van der Waals surface area contributed by atoms with E-state index in [-0.39, 0.29) is 18.0 Å². The SMILES string of the molecule is CC(=O)NNC(=O)Cn1ccc2ccccc2c1=O. The molecule has 0 saturated carbocycles. The van der Waals surface area contributed by atoms with Crippen LogP contribution in [-0.2, 0) is 16.1 Å². The Hall–Kier alpha value is -2.63. The van der Waals surface area contributed by atoms with Gasteiger partial charge in [0, 0.05) is 18.5 Å². The summed E-state index contributed by atoms with van der Waals surface area (Å²) in [5, 5.41) is 1.38. The number of nitrogens with zero attached hydrogens (tertiary/aromatic N) is 1. The maximum Gasteiger partial charge on any atom is 0.258 e. The van der Waals surface area contributed by atoms with Crippen molar-refractivity contribution in [2.24, 2.45) is 0 Å². The van der Waals surface area contributed by atoms with Gasteiger partial charge in [0.05, 0.1) is 0 Å². The van der Waals surface area contributed by atoms with E-state index >= 15 is 0 Å². The van der Waals surface area contributed by atoms with Gasteiger partial charge in [-0.3, -0.25) is 25.2 Å². The number of hydrogen-bond acceptors (Lipinski definition) is 3. The van der Waals surface area contributed by atoms with E-state index in [2.05, 4.69) is 10.9 Å². The van der Waals surface area contributed by atoms with Gasteiger partial charge in [0.25, 0.3) is 11.5 Å². The fourth-order valence-electron chi connectivity index (χ4n) is 1.71. The third-order valence-electron chi connectivity index (χ3n) is 2.58. The maximum atomic E-state index is 12.1. The number of fused-ring (bicyclic) bond motifs is 1. The summed E-state index contributed by atoms with van der Waals surface area (Å²) in [4.78, 5) is 34.3. The summed E-state index contributed by atoms with van der Waals surface area (Å²) in [6, 6.07) is 8.92. The summed E-state index contributed by atoms with van der Waals surface area (Å²) in [7, 11) is 0. The number of hydrogen-bond donors (Lipinski definition) is 2. The van der Waals surface area contributed by atoms with Gasteiger partial charge in [-0.1, -0.05) is 18.2 Å². The first-order chi connectivity index (χ1) is 9.08. The molecule has 19 heavy (non-hydrogen) atoms. The topological polar surface area (TPSA) is 80.2 Å². The molecule has 0 saturated heterocycles. The van der Waals surface area contributed by atoms with E-state index in [4.69, 9.17) is 0 Å². The van der Waals surface area contributed by atoms with E-state index in [0.717, 1.165) is 5.39 Å². The highest BCUT2D eigenvalue weighted by molar-refractivity contribution is 5.83. The predicted octanol–water partition coefficient (Wildman–Crippen LogP) is 0.169. The number of nitrogens with one attached hydrogen (secondary N) is 2. The van der Waals surface area contributed by atoms with Gasteiger partial charge in [-0.25, -0.2) is 0 Å². The van der Waals surface area contributed by atoms with Crippen LogP contribution in [-0.4, -0.2) is 16.4 Å². The molecule has 2 N–H and O–H groups in total. The molecule has 98 valence electrons. The van der Waals surface area contributed by atoms with Crippen LogP contribution >= 0.6 is 0 Å². The number of carbonyl (C=O) groups is 2. The van der Waals surface area contributed by atoms with E-state index < -0.39 is 5.91 Å². The lowest BCUT2D eigenvalue weighted by Gasteiger charge is -2.08. The molecule has 0 unspecified atom stereocenters. The molecule has 6 heteroatoms. The number of carbonyl (C=O) groups excluding carboxylic acids is 2. The fourth-order valence-corrected chi connectivity index (χ4v) is 1.71. The second-order valence-corrected chi connectivity index (χ2v) is 4.07. The Labute approximate surface area is 109 Å². The molecule has 2 amide bonds. The van der Waals surface area contributed by atoms with Crippen molar-refractivity contribution in [3.8, 4) is 0 Å². The van der Waals surface area contributed by atoms with Gasteiger partial charge in [-0.2, -0.15) is 0 Å². The van der Waals surface area contributed by atoms with Crippen LogP contribution in [0, 0.1) is 0 Å². The molecule has 1 aromatic carbocycles. The van der Waals surface area contributed by atoms with Gasteiger partial charge in [0.15, 0.2) is 0 Å². The van der Waals surface area contributed by atoms with Gasteiger partial charge in [0.2, 0.25) is 5.91 Å². The molecule has 0 aliphatic rings. The Balaban J connectivity index is 2.22. The molecule has 2 aromatic rings. The number of amides is 2. The molecule has 0 fully saturated rings. The van der Waals surface area contributed by atoms with E-state index in [0.29, 0.717) is 5.39 Å². The second kappa shape index (κ2) is 5.34. The van der Waals surface area contributed by atoms with Crippen molar-refractivity contribution in [2.45, 2.75) is 13.5 Å². The van der Waals surface area contributed by atoms with Crippen LogP contribution in [0.1, 0.15) is 6.92 Å². The zero-order chi connectivity index (χ0) is 13.8. The van der Waals surface area contributed by atoms with Crippen LogP contribution < -0.4 is 16.4 Å². The minimum absolute atomic E-state index is 0.149. The first-order valence-corrected chi connectivity index (χ1v) is 5.71. The second-order valence-electron chi connectivity index (χ2n) is 4.07. The van der Waals surface area contributed by atoms with Crippen molar-refractivity contribution in [1.29, 1.82) is 0 Å². The minimum atomic E-state index is -0.465. The number of pyridine rings is 1. The van der Waals surface area contributed by atoms with Gasteiger partial charge < -0.3 is 4.57 Å². The molecule has 0 aliphatic heterocycles. The molecule has 0 atom stereocenters. The van der Waals surface area contributed by atoms with Crippen LogP contribution in [0.5, 0.6) is 0 Å². The zero-order valence-corrected chi connectivity index (χ0v) is 10.3. The lowest BCUT2D eigenvalue weighted by molar-refractivity contribution is -0.128. The van der Waals surface area contributed by atoms with Crippen molar-refractivity contribution in [1.82, 2.24) is 15.4 Å². The lowest BCUT2D eigenvalue weighted by Crippen LogP contribution is -2.43. The summed E-state index contributed by atoms with van der Waals surface area (Å²) in [5.74, 6) is -0.841. The average molecular weight is 259 g/mol.